The topological polar surface area (TPSA) is 83.1 Å². The number of allylic oxidation sites excluding steroid dienone is 1. The van der Waals surface area contributed by atoms with E-state index in [2.05, 4.69) is 54.2 Å². The first kappa shape index (κ1) is 37.1. The van der Waals surface area contributed by atoms with Crippen molar-refractivity contribution in [3.05, 3.63) is 19.6 Å². The number of hydrogen-bond donors (Lipinski definition) is 0. The summed E-state index contributed by atoms with van der Waals surface area (Å²) in [6, 6.07) is 0. The Labute approximate surface area is 169 Å². The molecule has 0 aliphatic heterocycles. The van der Waals surface area contributed by atoms with Gasteiger partial charge >= 0.3 is 25.8 Å². The quantitative estimate of drug-likeness (QED) is 0.326. The van der Waals surface area contributed by atoms with Crippen molar-refractivity contribution in [2.75, 3.05) is 64.0 Å². The van der Waals surface area contributed by atoms with Crippen molar-refractivity contribution >= 4 is 25.8 Å². The smallest absolute Gasteiger partial charge is 0.316 e. The van der Waals surface area contributed by atoms with Crippen LogP contribution >= 0.6 is 25.8 Å². The molecule has 0 unspecified atom stereocenters. The third-order valence-electron chi connectivity index (χ3n) is 1.34. The zero-order valence-corrected chi connectivity index (χ0v) is 20.7. The Morgan fingerprint density at radius 2 is 0.560 bits per heavy atom. The van der Waals surface area contributed by atoms with Gasteiger partial charge < -0.3 is 40.7 Å². The van der Waals surface area contributed by atoms with Gasteiger partial charge in [-0.05, 0) is 6.92 Å². The minimum atomic E-state index is -1.05. The molecule has 0 aromatic carbocycles. The van der Waals surface area contributed by atoms with Crippen LogP contribution in [0.3, 0.4) is 0 Å². The second-order valence-electron chi connectivity index (χ2n) is 2.60. The van der Waals surface area contributed by atoms with E-state index in [1.165, 1.54) is 6.08 Å². The maximum absolute atomic E-state index is 4.67. The first-order valence-electron chi connectivity index (χ1n) is 6.13. The van der Waals surface area contributed by atoms with Crippen molar-refractivity contribution in [1.82, 2.24) is 0 Å². The van der Waals surface area contributed by atoms with E-state index in [1.807, 2.05) is 0 Å². The van der Waals surface area contributed by atoms with Crippen molar-refractivity contribution in [1.29, 1.82) is 0 Å². The van der Waals surface area contributed by atoms with Gasteiger partial charge in [0, 0.05) is 83.5 Å². The van der Waals surface area contributed by atoms with Gasteiger partial charge in [0.1, 0.15) is 0 Å². The molecule has 0 fully saturated rings. The maximum atomic E-state index is 4.67. The van der Waals surface area contributed by atoms with Crippen LogP contribution in [0.5, 0.6) is 0 Å². The average molecular weight is 516 g/mol. The minimum absolute atomic E-state index is 0. The van der Waals surface area contributed by atoms with E-state index in [1.54, 1.807) is 64.0 Å². The predicted molar refractivity (Wildman–Crippen MR) is 99.4 cm³/mol. The molecule has 0 spiro atoms. The summed E-state index contributed by atoms with van der Waals surface area (Å²) in [6.07, 6.45) is 1.50. The molecule has 158 valence electrons. The normalized spacial score (nSPS) is 9.16. The van der Waals surface area contributed by atoms with Crippen LogP contribution in [0.25, 0.3) is 0 Å². The van der Waals surface area contributed by atoms with Crippen molar-refractivity contribution in [2.24, 2.45) is 0 Å². The van der Waals surface area contributed by atoms with Gasteiger partial charge in [0.25, 0.3) is 0 Å². The van der Waals surface area contributed by atoms with Crippen molar-refractivity contribution in [3.8, 4) is 0 Å². The minimum Gasteiger partial charge on any atom is -0.316 e. The average Bonchev–Trinajstić information content (AvgIpc) is 2.61. The van der Waals surface area contributed by atoms with Gasteiger partial charge in [-0.15, -0.1) is 6.58 Å². The number of hydrogen-bond acceptors (Lipinski definition) is 9. The van der Waals surface area contributed by atoms with Crippen LogP contribution in [0.4, 0.5) is 0 Å². The summed E-state index contributed by atoms with van der Waals surface area (Å²) in [6.45, 7) is 6.50. The van der Waals surface area contributed by atoms with Crippen LogP contribution in [0.15, 0.2) is 12.7 Å². The summed E-state index contributed by atoms with van der Waals surface area (Å²) in [7, 11) is 10.7. The first-order chi connectivity index (χ1) is 11.5. The Balaban J connectivity index is -0.0000000727. The van der Waals surface area contributed by atoms with E-state index >= 15 is 0 Å². The van der Waals surface area contributed by atoms with Crippen LogP contribution in [0, 0.1) is 6.92 Å². The summed E-state index contributed by atoms with van der Waals surface area (Å²) >= 11 is 0. The van der Waals surface area contributed by atoms with E-state index in [9.17, 15) is 0 Å². The van der Waals surface area contributed by atoms with Crippen LogP contribution in [-0.4, -0.2) is 64.0 Å². The van der Waals surface area contributed by atoms with Crippen LogP contribution in [0.2, 0.25) is 0 Å². The van der Waals surface area contributed by atoms with Crippen LogP contribution in [-0.2, 0) is 60.2 Å². The molecule has 2 radical (unpaired) electrons. The second-order valence-corrected chi connectivity index (χ2v) is 7.23. The Bertz CT molecular complexity index is 165. The summed E-state index contributed by atoms with van der Waals surface area (Å²) < 4.78 is 42.0. The number of rotatable bonds is 9. The molecular formula is C12H32O9P3Rh. The molecule has 9 nitrogen and oxygen atoms in total. The first-order valence-corrected chi connectivity index (χ1v) is 9.42. The van der Waals surface area contributed by atoms with Gasteiger partial charge in [0.15, 0.2) is 0 Å². The summed E-state index contributed by atoms with van der Waals surface area (Å²) in [5.41, 5.74) is 0. The summed E-state index contributed by atoms with van der Waals surface area (Å²) in [5, 5.41) is 0. The van der Waals surface area contributed by atoms with Gasteiger partial charge in [-0.3, -0.25) is 0 Å². The SMILES string of the molecule is COP(OC)OC.COP(OC)OC.COP(OC)OC.[CH2]C=C.[Rh]. The summed E-state index contributed by atoms with van der Waals surface area (Å²) in [4.78, 5) is 0. The Hall–Kier alpha value is 1.29. The molecule has 0 aliphatic carbocycles. The zero-order chi connectivity index (χ0) is 19.8. The summed E-state index contributed by atoms with van der Waals surface area (Å²) in [5.74, 6) is 0. The van der Waals surface area contributed by atoms with Crippen molar-refractivity contribution in [3.63, 3.8) is 0 Å². The van der Waals surface area contributed by atoms with Gasteiger partial charge in [-0.1, -0.05) is 6.08 Å². The fourth-order valence-corrected chi connectivity index (χ4v) is 2.01. The third-order valence-corrected chi connectivity index (χ3v) is 4.02. The molecule has 0 aromatic rings. The van der Waals surface area contributed by atoms with E-state index in [0.717, 1.165) is 0 Å². The van der Waals surface area contributed by atoms with Crippen molar-refractivity contribution in [2.45, 2.75) is 0 Å². The molecule has 0 amide bonds. The van der Waals surface area contributed by atoms with Gasteiger partial charge in [0.05, 0.1) is 0 Å². The Morgan fingerprint density at radius 3 is 0.560 bits per heavy atom. The molecule has 0 aromatic heterocycles. The third kappa shape index (κ3) is 36.9. The van der Waals surface area contributed by atoms with E-state index in [0.29, 0.717) is 0 Å². The largest absolute Gasteiger partial charge is 0.331 e. The predicted octanol–water partition coefficient (Wildman–Crippen LogP) is 4.46. The molecule has 0 saturated carbocycles. The standard InChI is InChI=1S/3C3H9O3P.C3H5.Rh/c3*1-4-7(5-2)6-3;1-3-2;/h3*1-3H3;3H,1-2H2;. The van der Waals surface area contributed by atoms with E-state index in [4.69, 9.17) is 0 Å². The monoisotopic (exact) mass is 516 g/mol. The Morgan fingerprint density at radius 1 is 0.480 bits per heavy atom. The molecule has 0 N–H and O–H groups in total. The molecule has 0 rings (SSSR count). The molecule has 0 atom stereocenters. The van der Waals surface area contributed by atoms with Gasteiger partial charge in [-0.25, -0.2) is 0 Å². The molecule has 0 aliphatic rings. The molecule has 0 heterocycles. The maximum Gasteiger partial charge on any atom is 0.331 e. The van der Waals surface area contributed by atoms with E-state index in [-0.39, 0.29) is 19.5 Å². The van der Waals surface area contributed by atoms with E-state index < -0.39 is 25.8 Å². The fraction of sp³-hybridized carbons (Fsp3) is 0.750. The molecular weight excluding hydrogens is 484 g/mol. The second kappa shape index (κ2) is 36.2. The fourth-order valence-electron chi connectivity index (χ4n) is 0.671. The van der Waals surface area contributed by atoms with Crippen LogP contribution < -0.4 is 0 Å². The molecule has 0 bridgehead atoms. The van der Waals surface area contributed by atoms with Gasteiger partial charge in [-0.2, -0.15) is 0 Å². The Kier molecular flexibility index (Phi) is 53.8. The zero-order valence-electron chi connectivity index (χ0n) is 16.3. The van der Waals surface area contributed by atoms with Gasteiger partial charge in [0.2, 0.25) is 0 Å². The van der Waals surface area contributed by atoms with Crippen LogP contribution in [0.1, 0.15) is 0 Å². The molecule has 13 heteroatoms. The molecule has 0 saturated heterocycles. The van der Waals surface area contributed by atoms with Crippen molar-refractivity contribution < 1.29 is 60.2 Å². The molecule has 25 heavy (non-hydrogen) atoms.